The van der Waals surface area contributed by atoms with E-state index in [1.54, 1.807) is 30.3 Å². The summed E-state index contributed by atoms with van der Waals surface area (Å²) in [4.78, 5) is 12.2. The lowest BCUT2D eigenvalue weighted by molar-refractivity contribution is -0.577. The van der Waals surface area contributed by atoms with E-state index in [2.05, 4.69) is 5.32 Å². The number of rotatable bonds is 3. The highest BCUT2D eigenvalue weighted by Crippen LogP contribution is 2.25. The first kappa shape index (κ1) is 14.8. The number of phenolic OH excluding ortho intramolecular Hbond substituents is 1. The molecule has 23 heavy (non-hydrogen) atoms. The van der Waals surface area contributed by atoms with Gasteiger partial charge in [-0.15, -0.1) is 0 Å². The molecule has 0 aliphatic carbocycles. The molecule has 0 atom stereocenters. The number of hydrogen-bond acceptors (Lipinski definition) is 3. The van der Waals surface area contributed by atoms with Gasteiger partial charge >= 0.3 is 0 Å². The van der Waals surface area contributed by atoms with Crippen LogP contribution in [0.5, 0.6) is 5.75 Å². The highest BCUT2D eigenvalue weighted by atomic mass is 19.1. The third-order valence-electron chi connectivity index (χ3n) is 3.51. The highest BCUT2D eigenvalue weighted by molar-refractivity contribution is 6.01. The summed E-state index contributed by atoms with van der Waals surface area (Å²) in [6, 6.07) is 12.0. The maximum absolute atomic E-state index is 12.8. The van der Waals surface area contributed by atoms with Crippen LogP contribution in [-0.4, -0.2) is 11.0 Å². The summed E-state index contributed by atoms with van der Waals surface area (Å²) in [5.74, 6) is -1.24. The third kappa shape index (κ3) is 2.91. The van der Waals surface area contributed by atoms with E-state index in [0.717, 1.165) is 5.56 Å². The molecule has 0 fully saturated rings. The van der Waals surface area contributed by atoms with Crippen LogP contribution in [0.1, 0.15) is 15.9 Å². The van der Waals surface area contributed by atoms with Gasteiger partial charge in [-0.05, 0) is 35.9 Å². The van der Waals surface area contributed by atoms with Crippen molar-refractivity contribution >= 4 is 16.8 Å². The van der Waals surface area contributed by atoms with E-state index in [4.69, 9.17) is 0 Å². The maximum Gasteiger partial charge on any atom is 0.266 e. The molecule has 1 amide bonds. The van der Waals surface area contributed by atoms with Crippen LogP contribution in [0.3, 0.4) is 0 Å². The van der Waals surface area contributed by atoms with Gasteiger partial charge in [0.1, 0.15) is 5.82 Å². The quantitative estimate of drug-likeness (QED) is 0.575. The van der Waals surface area contributed by atoms with Crippen LogP contribution >= 0.6 is 0 Å². The predicted molar refractivity (Wildman–Crippen MR) is 82.1 cm³/mol. The molecule has 0 aliphatic rings. The molecule has 0 unspecified atom stereocenters. The van der Waals surface area contributed by atoms with Gasteiger partial charge in [0.2, 0.25) is 5.75 Å². The van der Waals surface area contributed by atoms with Gasteiger partial charge in [0.05, 0.1) is 10.9 Å². The summed E-state index contributed by atoms with van der Waals surface area (Å²) in [7, 11) is 0. The number of phenols is 1. The van der Waals surface area contributed by atoms with Crippen molar-refractivity contribution in [1.29, 1.82) is 0 Å². The highest BCUT2D eigenvalue weighted by Gasteiger charge is 2.18. The fourth-order valence-electron chi connectivity index (χ4n) is 2.32. The van der Waals surface area contributed by atoms with E-state index in [-0.39, 0.29) is 29.2 Å². The molecule has 1 aromatic heterocycles. The molecule has 0 bridgehead atoms. The van der Waals surface area contributed by atoms with E-state index >= 15 is 0 Å². The first-order valence-electron chi connectivity index (χ1n) is 6.93. The smallest absolute Gasteiger partial charge is 0.266 e. The van der Waals surface area contributed by atoms with Crippen LogP contribution < -0.4 is 10.0 Å². The number of aromatic nitrogens is 1. The largest absolute Gasteiger partial charge is 0.618 e. The van der Waals surface area contributed by atoms with Gasteiger partial charge in [0.25, 0.3) is 11.4 Å². The number of pyridine rings is 1. The van der Waals surface area contributed by atoms with Gasteiger partial charge in [0, 0.05) is 12.6 Å². The molecular weight excluding hydrogens is 299 g/mol. The van der Waals surface area contributed by atoms with E-state index in [9.17, 15) is 19.5 Å². The number of carbonyl (C=O) groups excluding carboxylic acids is 1. The molecule has 2 aromatic carbocycles. The molecule has 3 rings (SSSR count). The summed E-state index contributed by atoms with van der Waals surface area (Å²) in [6.45, 7) is 0.183. The number of nitrogens with one attached hydrogen (secondary N) is 1. The minimum Gasteiger partial charge on any atom is -0.618 e. The van der Waals surface area contributed by atoms with Crippen LogP contribution in [-0.2, 0) is 6.54 Å². The van der Waals surface area contributed by atoms with E-state index in [1.807, 2.05) is 0 Å². The summed E-state index contributed by atoms with van der Waals surface area (Å²) in [5.41, 5.74) is 0.774. The summed E-state index contributed by atoms with van der Waals surface area (Å²) < 4.78 is 13.4. The van der Waals surface area contributed by atoms with E-state index in [1.165, 1.54) is 24.4 Å². The Hall–Kier alpha value is -3.15. The van der Waals surface area contributed by atoms with Gasteiger partial charge in [-0.2, -0.15) is 4.73 Å². The number of halogens is 1. The Kier molecular flexibility index (Phi) is 3.80. The Morgan fingerprint density at radius 3 is 2.65 bits per heavy atom. The Morgan fingerprint density at radius 2 is 1.91 bits per heavy atom. The number of nitrogens with zero attached hydrogens (tertiary/aromatic N) is 1. The molecule has 0 radical (unpaired) electrons. The molecule has 2 N–H and O–H groups in total. The van der Waals surface area contributed by atoms with Gasteiger partial charge < -0.3 is 15.6 Å². The van der Waals surface area contributed by atoms with E-state index in [0.29, 0.717) is 10.1 Å². The average molecular weight is 312 g/mol. The first-order valence-corrected chi connectivity index (χ1v) is 6.93. The van der Waals surface area contributed by atoms with Crippen molar-refractivity contribution in [3.63, 3.8) is 0 Å². The lowest BCUT2D eigenvalue weighted by Gasteiger charge is -2.09. The zero-order chi connectivity index (χ0) is 16.4. The second kappa shape index (κ2) is 5.92. The summed E-state index contributed by atoms with van der Waals surface area (Å²) in [5, 5.41) is 25.1. The van der Waals surface area contributed by atoms with Crippen LogP contribution in [0.2, 0.25) is 0 Å². The SMILES string of the molecule is O=C(NCc1ccc(F)cc1)c1ccc2ccc[n+]([O-])c2c1O. The van der Waals surface area contributed by atoms with Gasteiger partial charge in [-0.25, -0.2) is 4.39 Å². The second-order valence-corrected chi connectivity index (χ2v) is 5.04. The first-order chi connectivity index (χ1) is 11.1. The molecule has 116 valence electrons. The number of fused-ring (bicyclic) bond motifs is 1. The van der Waals surface area contributed by atoms with Crippen LogP contribution in [0, 0.1) is 11.0 Å². The van der Waals surface area contributed by atoms with Crippen molar-refractivity contribution in [3.8, 4) is 5.75 Å². The van der Waals surface area contributed by atoms with Crippen LogP contribution in [0.15, 0.2) is 54.7 Å². The molecule has 3 aromatic rings. The Morgan fingerprint density at radius 1 is 1.17 bits per heavy atom. The fraction of sp³-hybridized carbons (Fsp3) is 0.0588. The van der Waals surface area contributed by atoms with Gasteiger partial charge in [-0.3, -0.25) is 4.79 Å². The van der Waals surface area contributed by atoms with Crippen molar-refractivity contribution in [1.82, 2.24) is 5.32 Å². The topological polar surface area (TPSA) is 76.3 Å². The van der Waals surface area contributed by atoms with Crippen LogP contribution in [0.4, 0.5) is 4.39 Å². The molecular formula is C17H13FN2O3. The predicted octanol–water partition coefficient (Wildman–Crippen LogP) is 2.25. The normalized spacial score (nSPS) is 10.7. The molecule has 0 saturated carbocycles. The molecule has 6 heteroatoms. The molecule has 0 spiro atoms. The van der Waals surface area contributed by atoms with Crippen molar-refractivity contribution in [2.45, 2.75) is 6.54 Å². The molecule has 0 aliphatic heterocycles. The fourth-order valence-corrected chi connectivity index (χ4v) is 2.32. The molecule has 0 saturated heterocycles. The summed E-state index contributed by atoms with van der Waals surface area (Å²) in [6.07, 6.45) is 1.25. The number of amides is 1. The Labute approximate surface area is 131 Å². The molecule has 5 nitrogen and oxygen atoms in total. The van der Waals surface area contributed by atoms with Crippen molar-refractivity contribution in [2.75, 3.05) is 0 Å². The zero-order valence-electron chi connectivity index (χ0n) is 12.0. The summed E-state index contributed by atoms with van der Waals surface area (Å²) >= 11 is 0. The minimum atomic E-state index is -0.516. The minimum absolute atomic E-state index is 0.00964. The lowest BCUT2D eigenvalue weighted by Crippen LogP contribution is -2.27. The van der Waals surface area contributed by atoms with Gasteiger partial charge in [-0.1, -0.05) is 12.1 Å². The molecule has 1 heterocycles. The Balaban J connectivity index is 1.85. The lowest BCUT2D eigenvalue weighted by atomic mass is 10.1. The Bertz CT molecular complexity index is 879. The van der Waals surface area contributed by atoms with Gasteiger partial charge in [0.15, 0.2) is 6.20 Å². The average Bonchev–Trinajstić information content (AvgIpc) is 2.54. The third-order valence-corrected chi connectivity index (χ3v) is 3.51. The van der Waals surface area contributed by atoms with Crippen molar-refractivity contribution in [2.24, 2.45) is 0 Å². The number of carbonyl (C=O) groups is 1. The van der Waals surface area contributed by atoms with E-state index < -0.39 is 5.91 Å². The van der Waals surface area contributed by atoms with Crippen molar-refractivity contribution in [3.05, 3.63) is 76.9 Å². The maximum atomic E-state index is 12.8. The number of aromatic hydroxyl groups is 1. The second-order valence-electron chi connectivity index (χ2n) is 5.04. The number of benzene rings is 2. The van der Waals surface area contributed by atoms with Crippen molar-refractivity contribution < 1.29 is 19.0 Å². The monoisotopic (exact) mass is 312 g/mol. The zero-order valence-corrected chi connectivity index (χ0v) is 12.0. The standard InChI is InChI=1S/C17H13FN2O3/c18-13-6-3-11(4-7-13)10-19-17(22)14-8-5-12-2-1-9-20(23)15(12)16(14)21/h1-9,21H,10H2,(H,19,22). The van der Waals surface area contributed by atoms with Crippen LogP contribution in [0.25, 0.3) is 10.9 Å². The number of hydrogen-bond donors (Lipinski definition) is 2.